The maximum atomic E-state index is 11.5. The lowest BCUT2D eigenvalue weighted by Crippen LogP contribution is -2.26. The summed E-state index contributed by atoms with van der Waals surface area (Å²) >= 11 is 3.08. The minimum atomic E-state index is -0.802. The first-order valence-corrected chi connectivity index (χ1v) is 11.2. The fourth-order valence-corrected chi connectivity index (χ4v) is 3.51. The number of nitro groups is 2. The first-order chi connectivity index (χ1) is 17.1. The van der Waals surface area contributed by atoms with Crippen LogP contribution in [0.3, 0.4) is 0 Å². The molecule has 0 fully saturated rings. The van der Waals surface area contributed by atoms with E-state index in [4.69, 9.17) is 14.8 Å². The number of benzene rings is 2. The van der Waals surface area contributed by atoms with Crippen LogP contribution in [0.25, 0.3) is 0 Å². The van der Waals surface area contributed by atoms with Crippen molar-refractivity contribution in [1.82, 2.24) is 5.32 Å². The molecular weight excluding hydrogens is 542 g/mol. The number of nitriles is 1. The largest absolute Gasteiger partial charge is 0.494 e. The number of hydrogen-bond donors (Lipinski definition) is 1. The summed E-state index contributed by atoms with van der Waals surface area (Å²) in [5.74, 6) is -0.00525. The number of ether oxygens (including phenoxy) is 1. The highest BCUT2D eigenvalue weighted by Gasteiger charge is 2.24. The molecule has 36 heavy (non-hydrogen) atoms. The van der Waals surface area contributed by atoms with Crippen molar-refractivity contribution in [3.05, 3.63) is 54.5 Å². The van der Waals surface area contributed by atoms with Crippen LogP contribution < -0.4 is 15.1 Å². The number of hydroxylamine groups is 1. The van der Waals surface area contributed by atoms with Crippen molar-refractivity contribution < 1.29 is 24.2 Å². The third-order valence-electron chi connectivity index (χ3n) is 4.58. The quantitative estimate of drug-likeness (QED) is 0.210. The second-order valence-corrected chi connectivity index (χ2v) is 7.85. The molecule has 1 amide bonds. The van der Waals surface area contributed by atoms with E-state index in [0.29, 0.717) is 23.6 Å². The van der Waals surface area contributed by atoms with Gasteiger partial charge in [-0.1, -0.05) is 0 Å². The maximum absolute atomic E-state index is 11.5. The maximum Gasteiger partial charge on any atom is 0.304 e. The van der Waals surface area contributed by atoms with E-state index in [0.717, 1.165) is 12.1 Å². The van der Waals surface area contributed by atoms with E-state index in [9.17, 15) is 25.0 Å². The van der Waals surface area contributed by atoms with Crippen LogP contribution in [-0.2, 0) is 16.2 Å². The van der Waals surface area contributed by atoms with Gasteiger partial charge in [-0.05, 0) is 28.9 Å². The number of nitrogens with zero attached hydrogens (tertiary/aromatic N) is 6. The van der Waals surface area contributed by atoms with E-state index in [2.05, 4.69) is 31.5 Å². The number of carbonyl (C=O) groups is 1. The minimum Gasteiger partial charge on any atom is -0.494 e. The summed E-state index contributed by atoms with van der Waals surface area (Å²) in [6.07, 6.45) is 0.170. The van der Waals surface area contributed by atoms with Crippen LogP contribution in [-0.4, -0.2) is 36.0 Å². The Bertz CT molecular complexity index is 1230. The number of nitrogens with one attached hydrogen (secondary N) is 1. The van der Waals surface area contributed by atoms with Gasteiger partial charge in [0.05, 0.1) is 58.8 Å². The lowest BCUT2D eigenvalue weighted by molar-refractivity contribution is -0.393. The Hall–Kier alpha value is -4.16. The lowest BCUT2D eigenvalue weighted by Gasteiger charge is -2.25. The predicted octanol–water partition coefficient (Wildman–Crippen LogP) is 5.00. The third kappa shape index (κ3) is 7.17. The van der Waals surface area contributed by atoms with Gasteiger partial charge in [0.1, 0.15) is 11.4 Å². The van der Waals surface area contributed by atoms with Gasteiger partial charge < -0.3 is 10.1 Å². The van der Waals surface area contributed by atoms with Gasteiger partial charge in [0.25, 0.3) is 5.69 Å². The zero-order chi connectivity index (χ0) is 26.8. The number of hydrogen-bond acceptors (Lipinski definition) is 11. The van der Waals surface area contributed by atoms with Gasteiger partial charge in [0, 0.05) is 31.2 Å². The van der Waals surface area contributed by atoms with Crippen LogP contribution in [0.4, 0.5) is 28.4 Å². The molecule has 0 radical (unpaired) electrons. The average molecular weight is 564 g/mol. The van der Waals surface area contributed by atoms with Crippen LogP contribution in [0.2, 0.25) is 0 Å². The molecule has 1 N–H and O–H groups in total. The number of rotatable bonds is 12. The van der Waals surface area contributed by atoms with E-state index in [1.165, 1.54) is 25.2 Å². The Morgan fingerprint density at radius 1 is 1.22 bits per heavy atom. The predicted molar refractivity (Wildman–Crippen MR) is 131 cm³/mol. The number of amides is 1. The first kappa shape index (κ1) is 28.1. The van der Waals surface area contributed by atoms with Gasteiger partial charge in [-0.25, -0.2) is 5.06 Å². The zero-order valence-corrected chi connectivity index (χ0v) is 21.1. The minimum absolute atomic E-state index is 0.00169. The molecule has 0 aromatic heterocycles. The SMILES string of the molecule is CCON(CCC#N)c1cc(CNC(C)=O)c(N=Nc2c(Br)cc([N+](=O)[O-])cc2[N+](=O)[O-])cc1OC. The summed E-state index contributed by atoms with van der Waals surface area (Å²) < 4.78 is 5.47. The Morgan fingerprint density at radius 3 is 2.50 bits per heavy atom. The molecule has 15 heteroatoms. The number of non-ortho nitro benzene ring substituents is 1. The van der Waals surface area contributed by atoms with E-state index < -0.39 is 21.2 Å². The van der Waals surface area contributed by atoms with Crippen molar-refractivity contribution in [2.75, 3.05) is 25.3 Å². The molecule has 0 heterocycles. The van der Waals surface area contributed by atoms with Gasteiger partial charge in [0.2, 0.25) is 5.91 Å². The topological polar surface area (TPSA) is 186 Å². The highest BCUT2D eigenvalue weighted by atomic mass is 79.9. The van der Waals surface area contributed by atoms with Crippen molar-refractivity contribution in [3.63, 3.8) is 0 Å². The molecule has 0 spiro atoms. The highest BCUT2D eigenvalue weighted by molar-refractivity contribution is 9.10. The van der Waals surface area contributed by atoms with Crippen LogP contribution in [0.1, 0.15) is 25.8 Å². The summed E-state index contributed by atoms with van der Waals surface area (Å²) in [5.41, 5.74) is -0.197. The van der Waals surface area contributed by atoms with Crippen molar-refractivity contribution in [1.29, 1.82) is 5.26 Å². The van der Waals surface area contributed by atoms with E-state index >= 15 is 0 Å². The van der Waals surface area contributed by atoms with Crippen molar-refractivity contribution in [2.24, 2.45) is 10.2 Å². The molecule has 190 valence electrons. The number of azo groups is 1. The molecule has 0 unspecified atom stereocenters. The molecule has 0 aliphatic carbocycles. The van der Waals surface area contributed by atoms with E-state index in [1.807, 2.05) is 6.07 Å². The molecule has 0 bridgehead atoms. The number of halogens is 1. The summed E-state index contributed by atoms with van der Waals surface area (Å²) in [6.45, 7) is 3.70. The molecule has 0 aliphatic heterocycles. The average Bonchev–Trinajstić information content (AvgIpc) is 2.83. The fourth-order valence-electron chi connectivity index (χ4n) is 2.99. The smallest absolute Gasteiger partial charge is 0.304 e. The van der Waals surface area contributed by atoms with Gasteiger partial charge in [0.15, 0.2) is 5.69 Å². The van der Waals surface area contributed by atoms with Crippen LogP contribution in [0, 0.1) is 31.6 Å². The molecule has 0 aliphatic rings. The molecule has 0 atom stereocenters. The zero-order valence-electron chi connectivity index (χ0n) is 19.6. The summed E-state index contributed by atoms with van der Waals surface area (Å²) in [6, 6.07) is 7.05. The van der Waals surface area contributed by atoms with Crippen molar-refractivity contribution in [2.45, 2.75) is 26.8 Å². The van der Waals surface area contributed by atoms with Gasteiger partial charge >= 0.3 is 5.69 Å². The molecule has 2 aromatic carbocycles. The summed E-state index contributed by atoms with van der Waals surface area (Å²) in [5, 5.41) is 43.8. The fraction of sp³-hybridized carbons (Fsp3) is 0.333. The highest BCUT2D eigenvalue weighted by Crippen LogP contribution is 2.41. The van der Waals surface area contributed by atoms with Crippen LogP contribution in [0.15, 0.2) is 39.0 Å². The summed E-state index contributed by atoms with van der Waals surface area (Å²) in [4.78, 5) is 38.2. The van der Waals surface area contributed by atoms with E-state index in [1.54, 1.807) is 13.0 Å². The van der Waals surface area contributed by atoms with Gasteiger partial charge in [-0.15, -0.1) is 10.2 Å². The second kappa shape index (κ2) is 13.1. The van der Waals surface area contributed by atoms with E-state index in [-0.39, 0.29) is 41.3 Å². The Morgan fingerprint density at radius 2 is 1.94 bits per heavy atom. The Balaban J connectivity index is 2.65. The Labute approximate surface area is 213 Å². The number of anilines is 1. The van der Waals surface area contributed by atoms with Crippen LogP contribution >= 0.6 is 15.9 Å². The van der Waals surface area contributed by atoms with Crippen LogP contribution in [0.5, 0.6) is 5.75 Å². The molecule has 2 aromatic rings. The third-order valence-corrected chi connectivity index (χ3v) is 5.19. The molecule has 0 saturated heterocycles. The first-order valence-electron chi connectivity index (χ1n) is 10.4. The molecule has 14 nitrogen and oxygen atoms in total. The standard InChI is InChI=1S/C21H22BrN7O7/c1-4-36-27(7-5-6-23)18-8-14(12-24-13(2)30)17(11-20(18)35-3)25-26-21-16(22)9-15(28(31)32)10-19(21)29(33)34/h8-11H,4-5,7,12H2,1-3H3,(H,24,30). The summed E-state index contributed by atoms with van der Waals surface area (Å²) in [7, 11) is 1.42. The van der Waals surface area contributed by atoms with Crippen molar-refractivity contribution in [3.8, 4) is 11.8 Å². The molecule has 2 rings (SSSR count). The Kier molecular flexibility index (Phi) is 10.2. The number of nitro benzene ring substituents is 2. The van der Waals surface area contributed by atoms with Crippen molar-refractivity contribution >= 4 is 50.3 Å². The molecular formula is C21H22BrN7O7. The number of methoxy groups -OCH3 is 1. The van der Waals surface area contributed by atoms with Gasteiger partial charge in [-0.3, -0.25) is 29.9 Å². The van der Waals surface area contributed by atoms with Gasteiger partial charge in [-0.2, -0.15) is 5.26 Å². The lowest BCUT2D eigenvalue weighted by atomic mass is 10.1. The number of carbonyl (C=O) groups excluding carboxylic acids is 1. The second-order valence-electron chi connectivity index (χ2n) is 7.00. The monoisotopic (exact) mass is 563 g/mol. The molecule has 0 saturated carbocycles. The normalized spacial score (nSPS) is 10.6.